The van der Waals surface area contributed by atoms with Gasteiger partial charge in [-0.1, -0.05) is 27.7 Å². The number of hydrogen-bond acceptors (Lipinski definition) is 9. The molecule has 0 aromatic heterocycles. The van der Waals surface area contributed by atoms with Crippen molar-refractivity contribution < 1.29 is 38.8 Å². The van der Waals surface area contributed by atoms with Crippen LogP contribution in [0.4, 0.5) is 0 Å². The fourth-order valence-electron chi connectivity index (χ4n) is 7.64. The molecule has 0 bridgehead atoms. The van der Waals surface area contributed by atoms with Crippen molar-refractivity contribution in [3.05, 3.63) is 0 Å². The smallest absolute Gasteiger partial charge is 0.228 e. The average Bonchev–Trinajstić information content (AvgIpc) is 3.45. The monoisotopic (exact) mass is 654 g/mol. The number of carbonyl (C=O) groups excluding carboxylic acids is 3. The molecule has 3 aliphatic heterocycles. The van der Waals surface area contributed by atoms with Crippen molar-refractivity contribution in [2.24, 2.45) is 17.8 Å². The van der Waals surface area contributed by atoms with Crippen molar-refractivity contribution in [1.29, 1.82) is 0 Å². The Morgan fingerprint density at radius 1 is 1.20 bits per heavy atom. The lowest BCUT2D eigenvalue weighted by atomic mass is 9.77. The van der Waals surface area contributed by atoms with E-state index in [4.69, 9.17) is 14.2 Å². The molecule has 0 aromatic carbocycles. The summed E-state index contributed by atoms with van der Waals surface area (Å²) in [5, 5.41) is 26.8. The number of amides is 3. The third kappa shape index (κ3) is 9.85. The van der Waals surface area contributed by atoms with E-state index < -0.39 is 42.0 Å². The van der Waals surface area contributed by atoms with E-state index >= 15 is 0 Å². The SMILES string of the molecule is CCC(=O)NCCCO[C@H]1[C@H](O[C@@H]2[C@@H](C)[C@H](O)[C@@H](C)C(=O)N3CCC[C@H]3CC(=O)N(C)C[C@H](C)C[C@@]2(C)O)O[C@H](C)C[C@@H]1N(C)C. The van der Waals surface area contributed by atoms with Gasteiger partial charge in [0.2, 0.25) is 17.7 Å². The zero-order valence-electron chi connectivity index (χ0n) is 29.7. The molecule has 3 heterocycles. The van der Waals surface area contributed by atoms with Crippen molar-refractivity contribution in [3.8, 4) is 0 Å². The molecule has 0 unspecified atom stereocenters. The summed E-state index contributed by atoms with van der Waals surface area (Å²) in [6, 6.07) is -0.233. The van der Waals surface area contributed by atoms with Gasteiger partial charge >= 0.3 is 0 Å². The summed E-state index contributed by atoms with van der Waals surface area (Å²) in [5.74, 6) is -1.72. The van der Waals surface area contributed by atoms with Crippen molar-refractivity contribution in [1.82, 2.24) is 20.0 Å². The molecule has 3 aliphatic rings. The maximum atomic E-state index is 13.8. The van der Waals surface area contributed by atoms with Crippen molar-refractivity contribution in [2.45, 2.75) is 135 Å². The van der Waals surface area contributed by atoms with E-state index in [9.17, 15) is 24.6 Å². The molecule has 0 radical (unpaired) electrons. The summed E-state index contributed by atoms with van der Waals surface area (Å²) in [7, 11) is 5.75. The molecular formula is C34H62N4O8. The highest BCUT2D eigenvalue weighted by atomic mass is 16.7. The van der Waals surface area contributed by atoms with Crippen LogP contribution in [0.25, 0.3) is 0 Å². The van der Waals surface area contributed by atoms with Gasteiger partial charge in [0.1, 0.15) is 6.10 Å². The van der Waals surface area contributed by atoms with Crippen LogP contribution in [0, 0.1) is 17.8 Å². The third-order valence-corrected chi connectivity index (χ3v) is 10.2. The number of fused-ring (bicyclic) bond motifs is 1. The molecule has 12 nitrogen and oxygen atoms in total. The number of aliphatic hydroxyl groups is 2. The summed E-state index contributed by atoms with van der Waals surface area (Å²) >= 11 is 0. The van der Waals surface area contributed by atoms with Crippen LogP contribution >= 0.6 is 0 Å². The van der Waals surface area contributed by atoms with Gasteiger partial charge in [0.05, 0.1) is 29.8 Å². The molecule has 3 fully saturated rings. The van der Waals surface area contributed by atoms with E-state index in [1.54, 1.807) is 30.7 Å². The minimum absolute atomic E-state index is 0.0106. The van der Waals surface area contributed by atoms with Crippen molar-refractivity contribution in [3.63, 3.8) is 0 Å². The van der Waals surface area contributed by atoms with Crippen LogP contribution in [0.15, 0.2) is 0 Å². The van der Waals surface area contributed by atoms with Crippen LogP contribution < -0.4 is 5.32 Å². The topological polar surface area (TPSA) is 141 Å². The summed E-state index contributed by atoms with van der Waals surface area (Å²) in [6.45, 7) is 12.9. The van der Waals surface area contributed by atoms with Crippen molar-refractivity contribution >= 4 is 17.7 Å². The maximum Gasteiger partial charge on any atom is 0.228 e. The second kappa shape index (κ2) is 17.0. The summed E-state index contributed by atoms with van der Waals surface area (Å²) < 4.78 is 19.6. The lowest BCUT2D eigenvalue weighted by molar-refractivity contribution is -0.306. The number of likely N-dealkylation sites (N-methyl/N-ethyl adjacent to an activating group) is 1. The first-order valence-electron chi connectivity index (χ1n) is 17.4. The number of rotatable bonds is 9. The van der Waals surface area contributed by atoms with E-state index in [2.05, 4.69) is 10.2 Å². The normalized spacial score (nSPS) is 38.5. The highest BCUT2D eigenvalue weighted by molar-refractivity contribution is 5.82. The number of aliphatic hydroxyl groups excluding tert-OH is 1. The summed E-state index contributed by atoms with van der Waals surface area (Å²) in [6.07, 6.45) is 0.315. The minimum atomic E-state index is -1.45. The fraction of sp³-hybridized carbons (Fsp3) is 0.912. The second-order valence-electron chi connectivity index (χ2n) is 14.6. The van der Waals surface area contributed by atoms with Gasteiger partial charge in [-0.05, 0) is 66.0 Å². The largest absolute Gasteiger partial charge is 0.392 e. The highest BCUT2D eigenvalue weighted by Gasteiger charge is 2.49. The van der Waals surface area contributed by atoms with Crippen LogP contribution in [0.1, 0.15) is 86.5 Å². The lowest BCUT2D eigenvalue weighted by Gasteiger charge is -2.48. The average molecular weight is 655 g/mol. The Morgan fingerprint density at radius 3 is 2.54 bits per heavy atom. The Kier molecular flexibility index (Phi) is 14.3. The summed E-state index contributed by atoms with van der Waals surface area (Å²) in [4.78, 5) is 44.2. The number of carbonyl (C=O) groups is 3. The van der Waals surface area contributed by atoms with Crippen LogP contribution in [-0.2, 0) is 28.6 Å². The van der Waals surface area contributed by atoms with Crippen LogP contribution in [-0.4, -0.2) is 138 Å². The van der Waals surface area contributed by atoms with E-state index in [0.717, 1.165) is 12.8 Å². The Balaban J connectivity index is 1.92. The molecule has 0 saturated carbocycles. The van der Waals surface area contributed by atoms with E-state index in [0.29, 0.717) is 51.9 Å². The molecule has 266 valence electrons. The molecule has 0 aliphatic carbocycles. The van der Waals surface area contributed by atoms with Crippen LogP contribution in [0.2, 0.25) is 0 Å². The van der Waals surface area contributed by atoms with Gasteiger partial charge < -0.3 is 44.4 Å². The van der Waals surface area contributed by atoms with Gasteiger partial charge in [0, 0.05) is 64.1 Å². The van der Waals surface area contributed by atoms with Gasteiger partial charge in [-0.3, -0.25) is 14.4 Å². The first-order valence-corrected chi connectivity index (χ1v) is 17.4. The quantitative estimate of drug-likeness (QED) is 0.319. The molecule has 3 saturated heterocycles. The molecule has 3 amide bonds. The van der Waals surface area contributed by atoms with Gasteiger partial charge in [-0.2, -0.15) is 0 Å². The standard InChI is InChI=1S/C34H62N4O8/c1-10-27(39)35-14-12-16-44-30-26(36(7)8)17-22(3)45-33(30)46-31-23(4)29(41)24(5)32(42)38-15-11-13-25(38)18-28(40)37(9)20-21(2)19-34(31,6)43/h21-26,29-31,33,41,43H,10-20H2,1-9H3,(H,35,39)/t21-,22-,23+,24-,25+,26+,29+,30-,31-,33+,34-/m1/s1. The van der Waals surface area contributed by atoms with Gasteiger partial charge in [-0.25, -0.2) is 0 Å². The van der Waals surface area contributed by atoms with E-state index in [-0.39, 0.29) is 48.2 Å². The van der Waals surface area contributed by atoms with Gasteiger partial charge in [0.15, 0.2) is 6.29 Å². The zero-order chi connectivity index (χ0) is 34.3. The number of nitrogens with one attached hydrogen (secondary N) is 1. The maximum absolute atomic E-state index is 13.8. The molecule has 0 aromatic rings. The minimum Gasteiger partial charge on any atom is -0.392 e. The predicted octanol–water partition coefficient (Wildman–Crippen LogP) is 2.00. The highest BCUT2D eigenvalue weighted by Crippen LogP contribution is 2.37. The number of nitrogens with zero attached hydrogens (tertiary/aromatic N) is 3. The van der Waals surface area contributed by atoms with Gasteiger partial charge in [0.25, 0.3) is 0 Å². The Labute approximate surface area is 276 Å². The Morgan fingerprint density at radius 2 is 1.89 bits per heavy atom. The van der Waals surface area contributed by atoms with Crippen LogP contribution in [0.5, 0.6) is 0 Å². The molecule has 0 spiro atoms. The molecule has 3 N–H and O–H groups in total. The Hall–Kier alpha value is -1.83. The molecule has 3 rings (SSSR count). The molecule has 11 atom stereocenters. The van der Waals surface area contributed by atoms with Crippen LogP contribution in [0.3, 0.4) is 0 Å². The Bertz CT molecular complexity index is 1010. The lowest BCUT2D eigenvalue weighted by Crippen LogP contribution is -2.60. The van der Waals surface area contributed by atoms with Crippen molar-refractivity contribution in [2.75, 3.05) is 47.4 Å². The fourth-order valence-corrected chi connectivity index (χ4v) is 7.64. The number of ether oxygens (including phenoxy) is 3. The van der Waals surface area contributed by atoms with Gasteiger partial charge in [-0.15, -0.1) is 0 Å². The van der Waals surface area contributed by atoms with E-state index in [1.807, 2.05) is 41.8 Å². The first kappa shape index (κ1) is 38.6. The third-order valence-electron chi connectivity index (χ3n) is 10.2. The number of hydrogen-bond donors (Lipinski definition) is 3. The second-order valence-corrected chi connectivity index (χ2v) is 14.6. The summed E-state index contributed by atoms with van der Waals surface area (Å²) in [5.41, 5.74) is -1.45. The molecule has 46 heavy (non-hydrogen) atoms. The molecule has 12 heteroatoms. The molecular weight excluding hydrogens is 592 g/mol. The first-order chi connectivity index (χ1) is 21.6. The zero-order valence-corrected chi connectivity index (χ0v) is 29.7. The predicted molar refractivity (Wildman–Crippen MR) is 175 cm³/mol. The van der Waals surface area contributed by atoms with E-state index in [1.165, 1.54) is 0 Å².